The van der Waals surface area contributed by atoms with E-state index in [0.717, 1.165) is 20.1 Å². The third-order valence-corrected chi connectivity index (χ3v) is 5.51. The molecule has 0 aliphatic carbocycles. The highest BCUT2D eigenvalue weighted by molar-refractivity contribution is 14.1. The molecule has 0 unspecified atom stereocenters. The van der Waals surface area contributed by atoms with Crippen LogP contribution in [0.4, 0.5) is 0 Å². The van der Waals surface area contributed by atoms with Crippen molar-refractivity contribution in [3.8, 4) is 11.1 Å². The van der Waals surface area contributed by atoms with E-state index in [0.29, 0.717) is 27.5 Å². The second-order valence-corrected chi connectivity index (χ2v) is 7.39. The molecule has 2 heterocycles. The maximum atomic E-state index is 13.2. The number of hydrogen-bond acceptors (Lipinski definition) is 4. The van der Waals surface area contributed by atoms with Crippen molar-refractivity contribution >= 4 is 55.5 Å². The van der Waals surface area contributed by atoms with Crippen LogP contribution >= 0.6 is 22.6 Å². The molecule has 27 heavy (non-hydrogen) atoms. The Morgan fingerprint density at radius 1 is 0.741 bits per heavy atom. The van der Waals surface area contributed by atoms with Crippen LogP contribution in [0, 0.1) is 3.57 Å². The number of hydrogen-bond donors (Lipinski definition) is 0. The Morgan fingerprint density at radius 2 is 1.56 bits per heavy atom. The summed E-state index contributed by atoms with van der Waals surface area (Å²) in [6.07, 6.45) is 0. The molecular weight excluding hydrogens is 455 g/mol. The van der Waals surface area contributed by atoms with Gasteiger partial charge in [-0.15, -0.1) is 0 Å². The summed E-state index contributed by atoms with van der Waals surface area (Å²) in [6.45, 7) is 0. The van der Waals surface area contributed by atoms with E-state index in [1.54, 1.807) is 24.3 Å². The lowest BCUT2D eigenvalue weighted by Gasteiger charge is -2.10. The van der Waals surface area contributed by atoms with Gasteiger partial charge in [-0.3, -0.25) is 4.79 Å². The highest BCUT2D eigenvalue weighted by Crippen LogP contribution is 2.34. The van der Waals surface area contributed by atoms with Crippen LogP contribution in [0.25, 0.3) is 44.0 Å². The lowest BCUT2D eigenvalue weighted by molar-refractivity contribution is 0.561. The van der Waals surface area contributed by atoms with Gasteiger partial charge in [0.25, 0.3) is 0 Å². The summed E-state index contributed by atoms with van der Waals surface area (Å²) in [5.41, 5.74) is 2.68. The molecule has 0 aliphatic heterocycles. The molecule has 2 aromatic heterocycles. The first-order valence-electron chi connectivity index (χ1n) is 8.30. The normalized spacial score (nSPS) is 11.4. The Bertz CT molecular complexity index is 1480. The molecule has 130 valence electrons. The van der Waals surface area contributed by atoms with Gasteiger partial charge in [-0.05, 0) is 64.6 Å². The molecule has 0 atom stereocenters. The summed E-state index contributed by atoms with van der Waals surface area (Å²) in [4.78, 5) is 24.8. The summed E-state index contributed by atoms with van der Waals surface area (Å²) in [7, 11) is 0. The van der Waals surface area contributed by atoms with E-state index in [9.17, 15) is 9.59 Å². The van der Waals surface area contributed by atoms with Gasteiger partial charge in [0.15, 0.2) is 0 Å². The molecule has 5 rings (SSSR count). The van der Waals surface area contributed by atoms with E-state index in [1.165, 1.54) is 6.07 Å². The highest BCUT2D eigenvalue weighted by Gasteiger charge is 2.16. The Hall–Kier alpha value is -2.93. The molecule has 0 fully saturated rings. The lowest BCUT2D eigenvalue weighted by atomic mass is 9.99. The van der Waals surface area contributed by atoms with Crippen LogP contribution in [0.2, 0.25) is 0 Å². The number of para-hydroxylation sites is 1. The highest BCUT2D eigenvalue weighted by atomic mass is 127. The monoisotopic (exact) mass is 466 g/mol. The summed E-state index contributed by atoms with van der Waals surface area (Å²) in [5.74, 6) is 0. The Labute approximate surface area is 166 Å². The predicted octanol–water partition coefficient (Wildman–Crippen LogP) is 5.32. The SMILES string of the molecule is O=c1ccc2ccc(-c3c(I)ccc4oc5ccccc5c(=O)c34)cc2o1. The van der Waals surface area contributed by atoms with Crippen LogP contribution in [-0.4, -0.2) is 0 Å². The third-order valence-electron chi connectivity index (χ3n) is 4.61. The van der Waals surface area contributed by atoms with E-state index in [4.69, 9.17) is 8.83 Å². The minimum Gasteiger partial charge on any atom is -0.456 e. The standard InChI is InChI=1S/C22H11IO4/c23-15-8-9-17-21(22(25)14-3-1-2-4-16(14)26-17)20(15)13-6-5-12-7-10-19(24)27-18(12)11-13/h1-11H. The maximum Gasteiger partial charge on any atom is 0.336 e. The van der Waals surface area contributed by atoms with Gasteiger partial charge < -0.3 is 8.83 Å². The van der Waals surface area contributed by atoms with Crippen molar-refractivity contribution in [3.63, 3.8) is 0 Å². The van der Waals surface area contributed by atoms with Crippen molar-refractivity contribution < 1.29 is 8.83 Å². The predicted molar refractivity (Wildman–Crippen MR) is 114 cm³/mol. The molecule has 5 aromatic rings. The number of rotatable bonds is 1. The van der Waals surface area contributed by atoms with Crippen molar-refractivity contribution in [1.82, 2.24) is 0 Å². The number of halogens is 1. The number of benzene rings is 3. The van der Waals surface area contributed by atoms with E-state index >= 15 is 0 Å². The second-order valence-electron chi connectivity index (χ2n) is 6.23. The van der Waals surface area contributed by atoms with E-state index in [-0.39, 0.29) is 5.43 Å². The maximum absolute atomic E-state index is 13.2. The number of fused-ring (bicyclic) bond motifs is 3. The summed E-state index contributed by atoms with van der Waals surface area (Å²) >= 11 is 2.21. The van der Waals surface area contributed by atoms with Gasteiger partial charge in [0.05, 0.1) is 10.8 Å². The fourth-order valence-electron chi connectivity index (χ4n) is 3.36. The first-order chi connectivity index (χ1) is 13.1. The molecule has 0 aliphatic rings. The molecule has 0 amide bonds. The summed E-state index contributed by atoms with van der Waals surface area (Å²) in [6, 6.07) is 19.7. The molecule has 0 saturated carbocycles. The summed E-state index contributed by atoms with van der Waals surface area (Å²) in [5, 5.41) is 1.89. The minimum atomic E-state index is -0.405. The minimum absolute atomic E-state index is 0.0741. The van der Waals surface area contributed by atoms with Crippen LogP contribution in [0.5, 0.6) is 0 Å². The van der Waals surface area contributed by atoms with E-state index in [2.05, 4.69) is 22.6 Å². The Kier molecular flexibility index (Phi) is 3.65. The van der Waals surface area contributed by atoms with Crippen molar-refractivity contribution in [2.75, 3.05) is 0 Å². The lowest BCUT2D eigenvalue weighted by Crippen LogP contribution is -2.05. The zero-order valence-corrected chi connectivity index (χ0v) is 16.0. The van der Waals surface area contributed by atoms with Gasteiger partial charge >= 0.3 is 5.63 Å². The largest absolute Gasteiger partial charge is 0.456 e. The Morgan fingerprint density at radius 3 is 2.44 bits per heavy atom. The first-order valence-corrected chi connectivity index (χ1v) is 9.38. The van der Waals surface area contributed by atoms with Crippen molar-refractivity contribution in [2.45, 2.75) is 0 Å². The van der Waals surface area contributed by atoms with Crippen LogP contribution in [0.3, 0.4) is 0 Å². The van der Waals surface area contributed by atoms with Crippen LogP contribution in [-0.2, 0) is 0 Å². The van der Waals surface area contributed by atoms with Gasteiger partial charge in [-0.25, -0.2) is 4.79 Å². The van der Waals surface area contributed by atoms with E-state index < -0.39 is 5.63 Å². The topological polar surface area (TPSA) is 60.4 Å². The zero-order chi connectivity index (χ0) is 18.5. The molecular formula is C22H11IO4. The molecule has 0 bridgehead atoms. The molecule has 0 spiro atoms. The van der Waals surface area contributed by atoms with Gasteiger partial charge in [0, 0.05) is 20.6 Å². The average Bonchev–Trinajstić information content (AvgIpc) is 2.68. The van der Waals surface area contributed by atoms with Gasteiger partial charge in [0.2, 0.25) is 5.43 Å². The molecule has 0 radical (unpaired) electrons. The summed E-state index contributed by atoms with van der Waals surface area (Å²) < 4.78 is 12.2. The zero-order valence-electron chi connectivity index (χ0n) is 13.9. The van der Waals surface area contributed by atoms with E-state index in [1.807, 2.05) is 36.4 Å². The molecule has 0 N–H and O–H groups in total. The average molecular weight is 466 g/mol. The second kappa shape index (κ2) is 6.06. The quantitative estimate of drug-likeness (QED) is 0.191. The van der Waals surface area contributed by atoms with Gasteiger partial charge in [0.1, 0.15) is 16.7 Å². The fourth-order valence-corrected chi connectivity index (χ4v) is 4.12. The first kappa shape index (κ1) is 16.3. The van der Waals surface area contributed by atoms with Crippen LogP contribution in [0.15, 0.2) is 85.2 Å². The molecule has 3 aromatic carbocycles. The molecule has 4 nitrogen and oxygen atoms in total. The van der Waals surface area contributed by atoms with Gasteiger partial charge in [-0.1, -0.05) is 24.3 Å². The van der Waals surface area contributed by atoms with Gasteiger partial charge in [-0.2, -0.15) is 0 Å². The molecule has 5 heteroatoms. The van der Waals surface area contributed by atoms with Crippen molar-refractivity contribution in [2.24, 2.45) is 0 Å². The fraction of sp³-hybridized carbons (Fsp3) is 0. The van der Waals surface area contributed by atoms with Crippen LogP contribution in [0.1, 0.15) is 0 Å². The van der Waals surface area contributed by atoms with Crippen molar-refractivity contribution in [1.29, 1.82) is 0 Å². The van der Waals surface area contributed by atoms with Crippen LogP contribution < -0.4 is 11.1 Å². The Balaban J connectivity index is 1.92. The molecule has 0 saturated heterocycles. The third kappa shape index (κ3) is 2.57. The smallest absolute Gasteiger partial charge is 0.336 e. The van der Waals surface area contributed by atoms with Crippen molar-refractivity contribution in [3.05, 3.63) is 90.9 Å².